The van der Waals surface area contributed by atoms with Crippen LogP contribution in [0.4, 0.5) is 26.3 Å². The van der Waals surface area contributed by atoms with E-state index in [4.69, 9.17) is 0 Å². The van der Waals surface area contributed by atoms with Gasteiger partial charge in [-0.25, -0.2) is 0 Å². The minimum Gasteiger partial charge on any atom is -0.165 e. The topological polar surface area (TPSA) is 0 Å². The van der Waals surface area contributed by atoms with E-state index in [2.05, 4.69) is 0 Å². The second kappa shape index (κ2) is 5.61. The minimum absolute atomic E-state index is 0.498. The van der Waals surface area contributed by atoms with Gasteiger partial charge >= 0.3 is 12.4 Å². The van der Waals surface area contributed by atoms with Crippen LogP contribution in [-0.2, 0) is 12.4 Å². The third-order valence-electron chi connectivity index (χ3n) is 4.71. The van der Waals surface area contributed by atoms with Gasteiger partial charge in [0.05, 0.1) is 0 Å². The molecule has 0 saturated heterocycles. The van der Waals surface area contributed by atoms with E-state index < -0.39 is 22.1 Å². The molecule has 0 saturated carbocycles. The lowest BCUT2D eigenvalue weighted by atomic mass is 9.99. The van der Waals surface area contributed by atoms with Crippen molar-refractivity contribution < 1.29 is 26.3 Å². The molecule has 28 heavy (non-hydrogen) atoms. The highest BCUT2D eigenvalue weighted by Gasteiger charge is 2.34. The molecule has 3 aromatic carbocycles. The lowest BCUT2D eigenvalue weighted by Crippen LogP contribution is -2.00. The zero-order valence-corrected chi connectivity index (χ0v) is 15.3. The Labute approximate surface area is 161 Å². The Morgan fingerprint density at radius 2 is 0.893 bits per heavy atom. The summed E-state index contributed by atoms with van der Waals surface area (Å²) in [4.78, 5) is -1.34. The van der Waals surface area contributed by atoms with E-state index in [0.717, 1.165) is 12.1 Å². The van der Waals surface area contributed by atoms with E-state index in [-0.39, 0.29) is 0 Å². The van der Waals surface area contributed by atoms with E-state index in [1.807, 2.05) is 0 Å². The summed E-state index contributed by atoms with van der Waals surface area (Å²) in [5, 5.41) is 3.69. The van der Waals surface area contributed by atoms with Crippen molar-refractivity contribution in [2.24, 2.45) is 0 Å². The van der Waals surface area contributed by atoms with E-state index >= 15 is 0 Å². The molecule has 0 amide bonds. The van der Waals surface area contributed by atoms with Gasteiger partial charge in [-0.15, -0.1) is 22.7 Å². The molecule has 0 aliphatic carbocycles. The van der Waals surface area contributed by atoms with Crippen LogP contribution in [0.5, 0.6) is 0 Å². The summed E-state index contributed by atoms with van der Waals surface area (Å²) in [5.74, 6) is 0. The molecule has 0 unspecified atom stereocenters. The van der Waals surface area contributed by atoms with Crippen LogP contribution in [0.15, 0.2) is 48.5 Å². The predicted molar refractivity (Wildman–Crippen MR) is 102 cm³/mol. The predicted octanol–water partition coefficient (Wildman–Crippen LogP) is 8.46. The maximum atomic E-state index is 13.1. The first-order chi connectivity index (χ1) is 13.1. The summed E-state index contributed by atoms with van der Waals surface area (Å²) >= 11 is 1.37. The van der Waals surface area contributed by atoms with Gasteiger partial charge < -0.3 is 0 Å². The van der Waals surface area contributed by atoms with Gasteiger partial charge in [0.2, 0.25) is 0 Å². The van der Waals surface area contributed by atoms with Crippen LogP contribution in [0.25, 0.3) is 41.7 Å². The van der Waals surface area contributed by atoms with Gasteiger partial charge in [-0.3, -0.25) is 0 Å². The Kier molecular flexibility index (Phi) is 3.56. The highest BCUT2D eigenvalue weighted by molar-refractivity contribution is 7.19. The first-order valence-corrected chi connectivity index (χ1v) is 9.71. The highest BCUT2D eigenvalue weighted by Crippen LogP contribution is 2.43. The van der Waals surface area contributed by atoms with Crippen molar-refractivity contribution in [3.05, 3.63) is 58.3 Å². The van der Waals surface area contributed by atoms with Gasteiger partial charge in [-0.2, -0.15) is 26.3 Å². The average Bonchev–Trinajstić information content (AvgIpc) is 3.23. The molecule has 142 valence electrons. The molecular formula is C20H8F6S2. The summed E-state index contributed by atoms with van der Waals surface area (Å²) in [6, 6.07) is 12.5. The largest absolute Gasteiger partial charge is 0.425 e. The second-order valence-electron chi connectivity index (χ2n) is 6.47. The fourth-order valence-corrected chi connectivity index (χ4v) is 5.35. The molecule has 0 atom stereocenters. The van der Waals surface area contributed by atoms with Gasteiger partial charge in [-0.1, -0.05) is 12.1 Å². The fraction of sp³-hybridized carbons (Fsp3) is 0.100. The Balaban J connectivity index is 1.83. The third kappa shape index (κ3) is 2.66. The van der Waals surface area contributed by atoms with Gasteiger partial charge in [0.1, 0.15) is 9.75 Å². The van der Waals surface area contributed by atoms with Crippen molar-refractivity contribution in [3.8, 4) is 0 Å². The number of hydrogen-bond donors (Lipinski definition) is 0. The Morgan fingerprint density at radius 3 is 1.25 bits per heavy atom. The third-order valence-corrected chi connectivity index (χ3v) is 7.00. The molecule has 0 N–H and O–H groups in total. The molecule has 0 bridgehead atoms. The molecule has 0 radical (unpaired) electrons. The number of rotatable bonds is 0. The first kappa shape index (κ1) is 17.8. The number of benzene rings is 3. The van der Waals surface area contributed by atoms with Gasteiger partial charge in [0.15, 0.2) is 0 Å². The quantitative estimate of drug-likeness (QED) is 0.172. The second-order valence-corrected chi connectivity index (χ2v) is 8.63. The van der Waals surface area contributed by atoms with Crippen molar-refractivity contribution in [3.63, 3.8) is 0 Å². The summed E-state index contributed by atoms with van der Waals surface area (Å²) in [7, 11) is 0. The Morgan fingerprint density at radius 1 is 0.500 bits per heavy atom. The lowest BCUT2D eigenvalue weighted by molar-refractivity contribution is -0.135. The molecule has 0 nitrogen and oxygen atoms in total. The molecule has 0 fully saturated rings. The summed E-state index contributed by atoms with van der Waals surface area (Å²) in [6.45, 7) is 0. The van der Waals surface area contributed by atoms with E-state index in [9.17, 15) is 26.3 Å². The highest BCUT2D eigenvalue weighted by atomic mass is 32.1. The standard InChI is InChI=1S/C20H8F6S2/c21-19(22,23)17-7-13-11-6-10-2-4-16-14(8-18(28-16)20(24,25)26)12(10)5-9(11)1-3-15(13)27-17/h1-8H. The summed E-state index contributed by atoms with van der Waals surface area (Å²) in [6.07, 6.45) is -8.83. The van der Waals surface area contributed by atoms with Gasteiger partial charge in [0, 0.05) is 20.2 Å². The van der Waals surface area contributed by atoms with Crippen molar-refractivity contribution in [2.45, 2.75) is 12.4 Å². The zero-order valence-electron chi connectivity index (χ0n) is 13.7. The Hall–Kier alpha value is -2.32. The first-order valence-electron chi connectivity index (χ1n) is 8.08. The molecule has 8 heteroatoms. The van der Waals surface area contributed by atoms with Crippen LogP contribution in [0.1, 0.15) is 9.75 Å². The number of hydrogen-bond acceptors (Lipinski definition) is 2. The smallest absolute Gasteiger partial charge is 0.165 e. The van der Waals surface area contributed by atoms with Crippen molar-refractivity contribution in [2.75, 3.05) is 0 Å². The maximum Gasteiger partial charge on any atom is 0.425 e. The zero-order chi connectivity index (χ0) is 19.8. The van der Waals surface area contributed by atoms with Crippen molar-refractivity contribution in [1.29, 1.82) is 0 Å². The Bertz CT molecular complexity index is 1280. The molecule has 2 aromatic heterocycles. The molecule has 2 heterocycles. The van der Waals surface area contributed by atoms with Crippen molar-refractivity contribution >= 4 is 64.4 Å². The van der Waals surface area contributed by atoms with Crippen molar-refractivity contribution in [1.82, 2.24) is 0 Å². The fourth-order valence-electron chi connectivity index (χ4n) is 3.46. The van der Waals surface area contributed by atoms with Gasteiger partial charge in [0.25, 0.3) is 0 Å². The van der Waals surface area contributed by atoms with Crippen LogP contribution in [0.3, 0.4) is 0 Å². The maximum absolute atomic E-state index is 13.1. The van der Waals surface area contributed by atoms with Crippen LogP contribution in [-0.4, -0.2) is 0 Å². The van der Waals surface area contributed by atoms with Crippen LogP contribution >= 0.6 is 22.7 Å². The van der Waals surface area contributed by atoms with Crippen LogP contribution in [0, 0.1) is 0 Å². The summed E-state index contributed by atoms with van der Waals surface area (Å²) in [5.41, 5.74) is 0. The molecule has 0 aliphatic heterocycles. The minimum atomic E-state index is -4.41. The van der Waals surface area contributed by atoms with E-state index in [1.54, 1.807) is 36.4 Å². The molecule has 5 rings (SSSR count). The average molecular weight is 426 g/mol. The number of alkyl halides is 6. The van der Waals surface area contributed by atoms with Crippen LogP contribution in [0.2, 0.25) is 0 Å². The molecule has 5 aromatic rings. The lowest BCUT2D eigenvalue weighted by Gasteiger charge is -2.05. The normalized spacial score (nSPS) is 13.4. The summed E-state index contributed by atoms with van der Waals surface area (Å²) < 4.78 is 79.5. The monoisotopic (exact) mass is 426 g/mol. The number of fused-ring (bicyclic) bond motifs is 6. The van der Waals surface area contributed by atoms with Gasteiger partial charge in [-0.05, 0) is 57.9 Å². The number of thiophene rings is 2. The van der Waals surface area contributed by atoms with E-state index in [1.165, 1.54) is 0 Å². The molecular weight excluding hydrogens is 418 g/mol. The SMILES string of the molecule is FC(F)(F)c1cc2c(ccc3cc4c(ccc5sc(C(F)(F)F)cc54)cc32)s1. The molecule has 0 aliphatic rings. The molecule has 0 spiro atoms. The van der Waals surface area contributed by atoms with Crippen LogP contribution < -0.4 is 0 Å². The number of halogens is 6. The van der Waals surface area contributed by atoms with E-state index in [0.29, 0.717) is 64.4 Å².